The number of carbonyl (C=O) groups is 1. The van der Waals surface area contributed by atoms with E-state index in [4.69, 9.17) is 23.2 Å². The zero-order valence-corrected chi connectivity index (χ0v) is 15.2. The lowest BCUT2D eigenvalue weighted by Gasteiger charge is -2.19. The number of hydrogen-bond acceptors (Lipinski definition) is 3. The van der Waals surface area contributed by atoms with E-state index in [1.165, 1.54) is 48.3 Å². The molecule has 128 valence electrons. The number of hydrogen-bond donors (Lipinski definition) is 0. The van der Waals surface area contributed by atoms with Gasteiger partial charge in [0.15, 0.2) is 9.84 Å². The van der Waals surface area contributed by atoms with Gasteiger partial charge in [-0.05, 0) is 30.3 Å². The molecule has 0 fully saturated rings. The summed E-state index contributed by atoms with van der Waals surface area (Å²) in [6.45, 7) is -0.0544. The van der Waals surface area contributed by atoms with Crippen LogP contribution in [0.25, 0.3) is 0 Å². The van der Waals surface area contributed by atoms with Gasteiger partial charge in [-0.1, -0.05) is 29.3 Å². The molecule has 0 spiro atoms. The smallest absolute Gasteiger partial charge is 0.253 e. The summed E-state index contributed by atoms with van der Waals surface area (Å²) < 4.78 is 37.2. The van der Waals surface area contributed by atoms with Crippen molar-refractivity contribution in [2.45, 2.75) is 11.4 Å². The van der Waals surface area contributed by atoms with Crippen LogP contribution in [0.4, 0.5) is 4.39 Å². The van der Waals surface area contributed by atoms with Crippen LogP contribution < -0.4 is 0 Å². The van der Waals surface area contributed by atoms with E-state index in [0.717, 1.165) is 6.26 Å². The summed E-state index contributed by atoms with van der Waals surface area (Å²) in [5, 5.41) is 0.247. The Balaban J connectivity index is 2.32. The van der Waals surface area contributed by atoms with Crippen molar-refractivity contribution >= 4 is 38.9 Å². The Morgan fingerprint density at radius 2 is 1.83 bits per heavy atom. The van der Waals surface area contributed by atoms with E-state index < -0.39 is 21.6 Å². The number of rotatable bonds is 4. The molecule has 0 N–H and O–H groups in total. The van der Waals surface area contributed by atoms with E-state index in [2.05, 4.69) is 0 Å². The molecule has 2 aromatic carbocycles. The first-order valence-corrected chi connectivity index (χ1v) is 9.44. The van der Waals surface area contributed by atoms with E-state index in [9.17, 15) is 17.6 Å². The van der Waals surface area contributed by atoms with Crippen LogP contribution in [0.15, 0.2) is 41.3 Å². The zero-order chi connectivity index (χ0) is 18.1. The van der Waals surface area contributed by atoms with Crippen LogP contribution in [-0.2, 0) is 16.4 Å². The largest absolute Gasteiger partial charge is 0.337 e. The monoisotopic (exact) mass is 389 g/mol. The number of carbonyl (C=O) groups excluding carboxylic acids is 1. The van der Waals surface area contributed by atoms with Crippen molar-refractivity contribution in [2.24, 2.45) is 0 Å². The van der Waals surface area contributed by atoms with Crippen LogP contribution in [0, 0.1) is 5.82 Å². The normalized spacial score (nSPS) is 11.4. The van der Waals surface area contributed by atoms with Crippen molar-refractivity contribution in [3.63, 3.8) is 0 Å². The molecule has 0 radical (unpaired) electrons. The minimum atomic E-state index is -3.57. The lowest BCUT2D eigenvalue weighted by molar-refractivity contribution is 0.0783. The van der Waals surface area contributed by atoms with Crippen molar-refractivity contribution in [2.75, 3.05) is 13.3 Å². The molecule has 0 aromatic heterocycles. The van der Waals surface area contributed by atoms with Crippen LogP contribution in [0.2, 0.25) is 10.0 Å². The molecule has 0 saturated heterocycles. The first-order chi connectivity index (χ1) is 11.1. The predicted molar refractivity (Wildman–Crippen MR) is 91.8 cm³/mol. The predicted octanol–water partition coefficient (Wildman–Crippen LogP) is 3.81. The Morgan fingerprint density at radius 3 is 2.42 bits per heavy atom. The fraction of sp³-hybridized carbons (Fsp3) is 0.188. The van der Waals surface area contributed by atoms with Gasteiger partial charge in [0.05, 0.1) is 9.92 Å². The molecular weight excluding hydrogens is 376 g/mol. The fourth-order valence-electron chi connectivity index (χ4n) is 2.13. The van der Waals surface area contributed by atoms with Gasteiger partial charge in [0.25, 0.3) is 5.91 Å². The van der Waals surface area contributed by atoms with Gasteiger partial charge in [-0.15, -0.1) is 0 Å². The second-order valence-corrected chi connectivity index (χ2v) is 8.08. The van der Waals surface area contributed by atoms with Crippen LogP contribution in [0.5, 0.6) is 0 Å². The van der Waals surface area contributed by atoms with Gasteiger partial charge in [-0.2, -0.15) is 0 Å². The molecular formula is C16H14Cl2FNO3S. The Labute approximate surface area is 149 Å². The van der Waals surface area contributed by atoms with E-state index in [0.29, 0.717) is 0 Å². The highest BCUT2D eigenvalue weighted by Gasteiger charge is 2.19. The summed E-state index contributed by atoms with van der Waals surface area (Å²) in [4.78, 5) is 13.6. The Kier molecular flexibility index (Phi) is 5.52. The fourth-order valence-corrected chi connectivity index (χ4v) is 3.66. The van der Waals surface area contributed by atoms with Crippen molar-refractivity contribution in [1.29, 1.82) is 0 Å². The molecule has 8 heteroatoms. The zero-order valence-electron chi connectivity index (χ0n) is 12.9. The second kappa shape index (κ2) is 7.09. The molecule has 0 bridgehead atoms. The number of nitrogens with zero attached hydrogens (tertiary/aromatic N) is 1. The summed E-state index contributed by atoms with van der Waals surface area (Å²) in [5.41, 5.74) is 0.321. The van der Waals surface area contributed by atoms with Gasteiger partial charge < -0.3 is 4.90 Å². The van der Waals surface area contributed by atoms with Crippen LogP contribution in [0.3, 0.4) is 0 Å². The number of halogens is 3. The summed E-state index contributed by atoms with van der Waals surface area (Å²) in [6.07, 6.45) is 1.01. The number of sulfone groups is 1. The maximum absolute atomic E-state index is 13.8. The molecule has 0 atom stereocenters. The van der Waals surface area contributed by atoms with Crippen LogP contribution in [-0.4, -0.2) is 32.5 Å². The SMILES string of the molecule is CN(Cc1c(F)cccc1Cl)C(=O)c1ccc(Cl)c(S(C)(=O)=O)c1. The molecule has 0 saturated carbocycles. The third-order valence-corrected chi connectivity index (χ3v) is 5.31. The van der Waals surface area contributed by atoms with Crippen molar-refractivity contribution in [3.8, 4) is 0 Å². The minimum Gasteiger partial charge on any atom is -0.337 e. The van der Waals surface area contributed by atoms with E-state index in [-0.39, 0.29) is 32.6 Å². The maximum atomic E-state index is 13.8. The summed E-state index contributed by atoms with van der Waals surface area (Å²) >= 11 is 11.8. The van der Waals surface area contributed by atoms with Crippen molar-refractivity contribution in [3.05, 3.63) is 63.4 Å². The molecule has 0 heterocycles. The number of amides is 1. The minimum absolute atomic E-state index is 0.0360. The van der Waals surface area contributed by atoms with Crippen LogP contribution in [0.1, 0.15) is 15.9 Å². The standard InChI is InChI=1S/C16H14Cl2FNO3S/c1-20(9-11-12(17)4-3-5-14(11)19)16(21)10-6-7-13(18)15(8-10)24(2,22)23/h3-8H,9H2,1-2H3. The average molecular weight is 390 g/mol. The topological polar surface area (TPSA) is 54.5 Å². The molecule has 0 aliphatic carbocycles. The molecule has 0 unspecified atom stereocenters. The highest BCUT2D eigenvalue weighted by atomic mass is 35.5. The van der Waals surface area contributed by atoms with E-state index in [1.54, 1.807) is 0 Å². The molecule has 4 nitrogen and oxygen atoms in total. The highest BCUT2D eigenvalue weighted by Crippen LogP contribution is 2.24. The molecule has 0 aliphatic heterocycles. The average Bonchev–Trinajstić information content (AvgIpc) is 2.49. The summed E-state index contributed by atoms with van der Waals surface area (Å²) in [5.74, 6) is -0.994. The lowest BCUT2D eigenvalue weighted by atomic mass is 10.1. The van der Waals surface area contributed by atoms with Gasteiger partial charge in [0.1, 0.15) is 5.82 Å². The second-order valence-electron chi connectivity index (χ2n) is 5.28. The Hall–Kier alpha value is -1.63. The maximum Gasteiger partial charge on any atom is 0.253 e. The third kappa shape index (κ3) is 4.06. The van der Waals surface area contributed by atoms with Gasteiger partial charge in [-0.3, -0.25) is 4.79 Å². The Morgan fingerprint density at radius 1 is 1.17 bits per heavy atom. The van der Waals surface area contributed by atoms with Crippen LogP contribution >= 0.6 is 23.2 Å². The molecule has 1 amide bonds. The molecule has 24 heavy (non-hydrogen) atoms. The van der Waals surface area contributed by atoms with E-state index in [1.807, 2.05) is 0 Å². The summed E-state index contributed by atoms with van der Waals surface area (Å²) in [6, 6.07) is 8.22. The quantitative estimate of drug-likeness (QED) is 0.798. The first kappa shape index (κ1) is 18.7. The number of benzene rings is 2. The summed E-state index contributed by atoms with van der Waals surface area (Å²) in [7, 11) is -2.10. The van der Waals surface area contributed by atoms with Gasteiger partial charge in [0.2, 0.25) is 0 Å². The molecule has 2 aromatic rings. The molecule has 2 rings (SSSR count). The van der Waals surface area contributed by atoms with Crippen molar-refractivity contribution < 1.29 is 17.6 Å². The molecule has 0 aliphatic rings. The highest BCUT2D eigenvalue weighted by molar-refractivity contribution is 7.90. The lowest BCUT2D eigenvalue weighted by Crippen LogP contribution is -2.27. The third-order valence-electron chi connectivity index (χ3n) is 3.38. The van der Waals surface area contributed by atoms with E-state index >= 15 is 0 Å². The van der Waals surface area contributed by atoms with Gasteiger partial charge >= 0.3 is 0 Å². The van der Waals surface area contributed by atoms with Crippen molar-refractivity contribution in [1.82, 2.24) is 4.90 Å². The van der Waals surface area contributed by atoms with Gasteiger partial charge in [0, 0.05) is 36.0 Å². The first-order valence-electron chi connectivity index (χ1n) is 6.79. The van der Waals surface area contributed by atoms with Gasteiger partial charge in [-0.25, -0.2) is 12.8 Å². The Bertz CT molecular complexity index is 880.